The van der Waals surface area contributed by atoms with Crippen molar-refractivity contribution in [2.24, 2.45) is 11.7 Å². The fourth-order valence-electron chi connectivity index (χ4n) is 4.29. The van der Waals surface area contributed by atoms with Crippen molar-refractivity contribution in [3.05, 3.63) is 101 Å². The van der Waals surface area contributed by atoms with Crippen LogP contribution in [-0.2, 0) is 29.0 Å². The highest BCUT2D eigenvalue weighted by Gasteiger charge is 2.24. The van der Waals surface area contributed by atoms with Gasteiger partial charge in [0.05, 0.1) is 0 Å². The Bertz CT molecular complexity index is 1160. The van der Waals surface area contributed by atoms with Gasteiger partial charge in [0.25, 0.3) is 0 Å². The summed E-state index contributed by atoms with van der Waals surface area (Å²) in [5.41, 5.74) is 9.78. The maximum atomic E-state index is 12.6. The molecule has 0 spiro atoms. The highest BCUT2D eigenvalue weighted by Crippen LogP contribution is 2.25. The number of hydrogen-bond donors (Lipinski definition) is 2. The molecule has 0 radical (unpaired) electrons. The van der Waals surface area contributed by atoms with E-state index in [1.54, 1.807) is 0 Å². The molecular weight excluding hydrogens is 482 g/mol. The van der Waals surface area contributed by atoms with Crippen LogP contribution in [0.5, 0.6) is 0 Å². The van der Waals surface area contributed by atoms with E-state index in [1.807, 2.05) is 75.4 Å². The van der Waals surface area contributed by atoms with Crippen molar-refractivity contribution in [1.82, 2.24) is 0 Å². The van der Waals surface area contributed by atoms with Gasteiger partial charge in [-0.1, -0.05) is 66.2 Å². The lowest BCUT2D eigenvalue weighted by atomic mass is 9.93. The molecule has 6 heteroatoms. The number of halogens is 1. The molecule has 196 valence electrons. The number of nitrogens with one attached hydrogen (secondary N) is 1. The number of nitrogens with two attached hydrogens (primary N) is 1. The molecule has 1 atom stereocenters. The molecule has 3 aromatic rings. The fraction of sp³-hybridized carbons (Fsp3) is 0.355. The van der Waals surface area contributed by atoms with E-state index in [0.29, 0.717) is 31.1 Å². The molecular formula is C31H38ClN3O2. The van der Waals surface area contributed by atoms with Gasteiger partial charge in [-0.05, 0) is 80.5 Å². The molecule has 3 aromatic carbocycles. The highest BCUT2D eigenvalue weighted by molar-refractivity contribution is 6.35. The Kier molecular flexibility index (Phi) is 10.3. The lowest BCUT2D eigenvalue weighted by Crippen LogP contribution is -2.34. The second-order valence-electron chi connectivity index (χ2n) is 10.5. The van der Waals surface area contributed by atoms with Gasteiger partial charge in [0.2, 0.25) is 0 Å². The van der Waals surface area contributed by atoms with Gasteiger partial charge in [-0.3, -0.25) is 5.41 Å². The van der Waals surface area contributed by atoms with Gasteiger partial charge in [0.15, 0.2) is 0 Å². The highest BCUT2D eigenvalue weighted by atomic mass is 35.5. The summed E-state index contributed by atoms with van der Waals surface area (Å²) >= 11 is 6.18. The Labute approximate surface area is 226 Å². The monoisotopic (exact) mass is 519 g/mol. The van der Waals surface area contributed by atoms with E-state index < -0.39 is 11.6 Å². The number of rotatable bonds is 12. The Morgan fingerprint density at radius 1 is 0.973 bits per heavy atom. The Morgan fingerprint density at radius 3 is 2.27 bits per heavy atom. The Hall–Kier alpha value is -3.15. The topological polar surface area (TPSA) is 79.4 Å². The minimum atomic E-state index is -0.633. The Morgan fingerprint density at radius 2 is 1.62 bits per heavy atom. The van der Waals surface area contributed by atoms with Crippen LogP contribution >= 0.6 is 11.6 Å². The van der Waals surface area contributed by atoms with Crippen LogP contribution in [0.1, 0.15) is 50.3 Å². The van der Waals surface area contributed by atoms with Gasteiger partial charge >= 0.3 is 5.97 Å². The second kappa shape index (κ2) is 13.4. The van der Waals surface area contributed by atoms with Crippen molar-refractivity contribution in [3.63, 3.8) is 0 Å². The van der Waals surface area contributed by atoms with Crippen LogP contribution < -0.4 is 10.6 Å². The first-order valence-electron chi connectivity index (χ1n) is 12.8. The number of benzene rings is 3. The zero-order valence-electron chi connectivity index (χ0n) is 22.0. The maximum Gasteiger partial charge on any atom is 0.352 e. The molecule has 0 fully saturated rings. The minimum Gasteiger partial charge on any atom is -0.456 e. The van der Waals surface area contributed by atoms with Crippen LogP contribution in [0.25, 0.3) is 0 Å². The van der Waals surface area contributed by atoms with Gasteiger partial charge in [-0.25, -0.2) is 4.79 Å². The summed E-state index contributed by atoms with van der Waals surface area (Å²) in [6.45, 7) is 7.31. The number of aryl methyl sites for hydroxylation is 1. The zero-order chi connectivity index (χ0) is 26.8. The van der Waals surface area contributed by atoms with E-state index in [9.17, 15) is 4.79 Å². The first-order chi connectivity index (χ1) is 17.6. The standard InChI is InChI=1S/C31H38ClN3O2/c1-31(2,3)37-30(36)29(34)19-26(13-12-23-8-5-4-6-9-23)22-35(28-16-14-27(32)15-17-28)21-25-11-7-10-24(18-25)20-33/h4-11,14-18,26,34H,12-13,19-22,33H2,1-3H3. The normalized spacial score (nSPS) is 12.1. The van der Waals surface area contributed by atoms with E-state index in [4.69, 9.17) is 27.5 Å². The SMILES string of the molecule is CC(C)(C)OC(=O)C(=N)CC(CCc1ccccc1)CN(Cc1cccc(CN)c1)c1ccc(Cl)cc1. The van der Waals surface area contributed by atoms with E-state index in [-0.39, 0.29) is 11.6 Å². The second-order valence-corrected chi connectivity index (χ2v) is 10.9. The summed E-state index contributed by atoms with van der Waals surface area (Å²) in [5, 5.41) is 9.20. The van der Waals surface area contributed by atoms with Gasteiger partial charge in [0.1, 0.15) is 11.3 Å². The van der Waals surface area contributed by atoms with Gasteiger partial charge in [-0.2, -0.15) is 0 Å². The molecule has 0 saturated carbocycles. The number of nitrogens with zero attached hydrogens (tertiary/aromatic N) is 1. The number of carbonyl (C=O) groups is 1. The Balaban J connectivity index is 1.85. The largest absolute Gasteiger partial charge is 0.456 e. The predicted molar refractivity (Wildman–Crippen MR) is 153 cm³/mol. The van der Waals surface area contributed by atoms with Crippen molar-refractivity contribution < 1.29 is 9.53 Å². The summed E-state index contributed by atoms with van der Waals surface area (Å²) in [6, 6.07) is 26.4. The van der Waals surface area contributed by atoms with Crippen LogP contribution in [0.2, 0.25) is 5.02 Å². The quantitative estimate of drug-likeness (QED) is 0.203. The molecule has 0 aliphatic carbocycles. The average molecular weight is 520 g/mol. The first-order valence-corrected chi connectivity index (χ1v) is 13.1. The number of hydrogen-bond acceptors (Lipinski definition) is 5. The third-order valence-corrected chi connectivity index (χ3v) is 6.35. The molecule has 0 heterocycles. The lowest BCUT2D eigenvalue weighted by molar-refractivity contribution is -0.146. The van der Waals surface area contributed by atoms with Crippen molar-refractivity contribution in [2.45, 2.75) is 58.7 Å². The molecule has 0 aliphatic rings. The number of ether oxygens (including phenoxy) is 1. The maximum absolute atomic E-state index is 12.6. The summed E-state index contributed by atoms with van der Waals surface area (Å²) in [4.78, 5) is 14.9. The minimum absolute atomic E-state index is 0.00849. The predicted octanol–water partition coefficient (Wildman–Crippen LogP) is 6.81. The molecule has 0 amide bonds. The van der Waals surface area contributed by atoms with E-state index in [0.717, 1.165) is 29.7 Å². The van der Waals surface area contributed by atoms with E-state index in [1.165, 1.54) is 5.56 Å². The molecule has 0 aliphatic heterocycles. The summed E-state index contributed by atoms with van der Waals surface area (Å²) in [5.74, 6) is -0.487. The zero-order valence-corrected chi connectivity index (χ0v) is 22.8. The third-order valence-electron chi connectivity index (χ3n) is 6.09. The smallest absolute Gasteiger partial charge is 0.352 e. The first kappa shape index (κ1) is 28.4. The molecule has 0 saturated heterocycles. The van der Waals surface area contributed by atoms with Crippen LogP contribution in [0, 0.1) is 11.3 Å². The van der Waals surface area contributed by atoms with Crippen molar-refractivity contribution in [1.29, 1.82) is 5.41 Å². The molecule has 0 aromatic heterocycles. The lowest BCUT2D eigenvalue weighted by Gasteiger charge is -2.30. The van der Waals surface area contributed by atoms with E-state index >= 15 is 0 Å². The van der Waals surface area contributed by atoms with Crippen LogP contribution in [0.3, 0.4) is 0 Å². The van der Waals surface area contributed by atoms with Crippen molar-refractivity contribution in [2.75, 3.05) is 11.4 Å². The summed E-state index contributed by atoms with van der Waals surface area (Å²) < 4.78 is 5.48. The molecule has 1 unspecified atom stereocenters. The van der Waals surface area contributed by atoms with Crippen molar-refractivity contribution >= 4 is 29.0 Å². The molecule has 0 bridgehead atoms. The van der Waals surface area contributed by atoms with Crippen molar-refractivity contribution in [3.8, 4) is 0 Å². The van der Waals surface area contributed by atoms with Crippen LogP contribution in [-0.4, -0.2) is 23.8 Å². The number of anilines is 1. The molecule has 3 N–H and O–H groups in total. The van der Waals surface area contributed by atoms with E-state index in [2.05, 4.69) is 29.2 Å². The van der Waals surface area contributed by atoms with Crippen LogP contribution in [0.15, 0.2) is 78.9 Å². The summed E-state index contributed by atoms with van der Waals surface area (Å²) in [6.07, 6.45) is 2.04. The summed E-state index contributed by atoms with van der Waals surface area (Å²) in [7, 11) is 0. The number of carbonyl (C=O) groups excluding carboxylic acids is 1. The average Bonchev–Trinajstić information content (AvgIpc) is 2.87. The molecule has 3 rings (SSSR count). The van der Waals surface area contributed by atoms with Gasteiger partial charge in [-0.15, -0.1) is 0 Å². The third kappa shape index (κ3) is 9.67. The number of esters is 1. The molecule has 5 nitrogen and oxygen atoms in total. The molecule has 37 heavy (non-hydrogen) atoms. The van der Waals surface area contributed by atoms with Gasteiger partial charge < -0.3 is 15.4 Å². The van der Waals surface area contributed by atoms with Gasteiger partial charge in [0, 0.05) is 36.8 Å². The van der Waals surface area contributed by atoms with Crippen LogP contribution in [0.4, 0.5) is 5.69 Å². The fourth-order valence-corrected chi connectivity index (χ4v) is 4.41.